The van der Waals surface area contributed by atoms with Gasteiger partial charge >= 0.3 is 0 Å². The number of nitrogens with zero attached hydrogens (tertiary/aromatic N) is 3. The zero-order chi connectivity index (χ0) is 17.4. The molecule has 1 amide bonds. The lowest BCUT2D eigenvalue weighted by Crippen LogP contribution is -2.47. The van der Waals surface area contributed by atoms with E-state index in [0.29, 0.717) is 43.4 Å². The summed E-state index contributed by atoms with van der Waals surface area (Å²) in [5.41, 5.74) is 2.61. The number of hydrogen-bond donors (Lipinski definition) is 0. The fourth-order valence-electron chi connectivity index (χ4n) is 3.50. The van der Waals surface area contributed by atoms with Crippen LogP contribution in [0.4, 0.5) is 0 Å². The van der Waals surface area contributed by atoms with Crippen LogP contribution in [0.2, 0.25) is 0 Å². The second-order valence-corrected chi connectivity index (χ2v) is 6.32. The first kappa shape index (κ1) is 16.0. The first-order chi connectivity index (χ1) is 12.2. The largest absolute Gasteiger partial charge is 0.486 e. The smallest absolute Gasteiger partial charge is 0.258 e. The normalized spacial score (nSPS) is 18.8. The van der Waals surface area contributed by atoms with Gasteiger partial charge in [-0.25, -0.2) is 4.98 Å². The van der Waals surface area contributed by atoms with Gasteiger partial charge in [0.15, 0.2) is 11.5 Å². The number of ether oxygens (including phenoxy) is 3. The molecular weight excluding hydrogens is 322 g/mol. The summed E-state index contributed by atoms with van der Waals surface area (Å²) in [6.07, 6.45) is 2.52. The van der Waals surface area contributed by atoms with Gasteiger partial charge in [-0.05, 0) is 12.1 Å². The average molecular weight is 343 g/mol. The number of amides is 1. The first-order valence-corrected chi connectivity index (χ1v) is 8.36. The maximum absolute atomic E-state index is 13.3. The van der Waals surface area contributed by atoms with Gasteiger partial charge in [-0.15, -0.1) is 0 Å². The fourth-order valence-corrected chi connectivity index (χ4v) is 3.50. The lowest BCUT2D eigenvalue weighted by atomic mass is 10.0. The van der Waals surface area contributed by atoms with Gasteiger partial charge < -0.3 is 23.7 Å². The number of methoxy groups -OCH3 is 1. The van der Waals surface area contributed by atoms with E-state index in [-0.39, 0.29) is 11.9 Å². The molecule has 2 aliphatic heterocycles. The van der Waals surface area contributed by atoms with Crippen LogP contribution in [0.25, 0.3) is 0 Å². The predicted octanol–water partition coefficient (Wildman–Crippen LogP) is 1.40. The number of rotatable bonds is 3. The molecule has 0 fully saturated rings. The summed E-state index contributed by atoms with van der Waals surface area (Å²) in [5.74, 6) is 1.07. The Hall–Kier alpha value is -2.54. The molecule has 25 heavy (non-hydrogen) atoms. The van der Waals surface area contributed by atoms with Crippen molar-refractivity contribution in [1.29, 1.82) is 0 Å². The zero-order valence-corrected chi connectivity index (χ0v) is 14.4. The van der Waals surface area contributed by atoms with E-state index < -0.39 is 0 Å². The fraction of sp³-hybridized carbons (Fsp3) is 0.444. The summed E-state index contributed by atoms with van der Waals surface area (Å²) in [5, 5.41) is 0. The first-order valence-electron chi connectivity index (χ1n) is 8.36. The molecule has 4 rings (SSSR count). The Morgan fingerprint density at radius 2 is 2.20 bits per heavy atom. The number of hydrogen-bond acceptors (Lipinski definition) is 5. The summed E-state index contributed by atoms with van der Waals surface area (Å²) in [7, 11) is 3.63. The van der Waals surface area contributed by atoms with Crippen molar-refractivity contribution >= 4 is 5.91 Å². The van der Waals surface area contributed by atoms with Crippen molar-refractivity contribution in [2.24, 2.45) is 7.05 Å². The number of imidazole rings is 1. The highest BCUT2D eigenvalue weighted by Gasteiger charge is 2.34. The Labute approximate surface area is 146 Å². The Balaban J connectivity index is 1.69. The van der Waals surface area contributed by atoms with Crippen LogP contribution in [0.1, 0.15) is 21.7 Å². The molecule has 0 bridgehead atoms. The minimum absolute atomic E-state index is 0.0410. The number of carbonyl (C=O) groups is 1. The molecular formula is C18H21N3O4. The number of fused-ring (bicyclic) bond motifs is 2. The van der Waals surface area contributed by atoms with Crippen molar-refractivity contribution in [1.82, 2.24) is 14.5 Å². The van der Waals surface area contributed by atoms with Crippen LogP contribution in [0.3, 0.4) is 0 Å². The maximum Gasteiger partial charge on any atom is 0.258 e. The van der Waals surface area contributed by atoms with Crippen molar-refractivity contribution in [3.8, 4) is 11.5 Å². The Bertz CT molecular complexity index is 802. The second-order valence-electron chi connectivity index (χ2n) is 6.32. The SMILES string of the molecule is COC[C@H]1Cc2c(ncn2C)CN1C(=O)c1cccc2c1OCCO2. The summed E-state index contributed by atoms with van der Waals surface area (Å²) in [6, 6.07) is 5.39. The Kier molecular flexibility index (Phi) is 4.09. The van der Waals surface area contributed by atoms with E-state index in [0.717, 1.165) is 17.8 Å². The summed E-state index contributed by atoms with van der Waals surface area (Å²) in [4.78, 5) is 19.5. The van der Waals surface area contributed by atoms with Crippen LogP contribution in [-0.2, 0) is 24.8 Å². The summed E-state index contributed by atoms with van der Waals surface area (Å²) in [6.45, 7) is 1.89. The van der Waals surface area contributed by atoms with E-state index in [2.05, 4.69) is 4.98 Å². The molecule has 0 radical (unpaired) electrons. The molecule has 7 nitrogen and oxygen atoms in total. The molecule has 7 heteroatoms. The molecule has 132 valence electrons. The van der Waals surface area contributed by atoms with Crippen molar-refractivity contribution in [3.05, 3.63) is 41.5 Å². The molecule has 2 aromatic rings. The van der Waals surface area contributed by atoms with Gasteiger partial charge in [-0.1, -0.05) is 6.07 Å². The van der Waals surface area contributed by atoms with Gasteiger partial charge in [0.05, 0.1) is 36.8 Å². The van der Waals surface area contributed by atoms with Gasteiger partial charge in [0, 0.05) is 26.3 Å². The minimum Gasteiger partial charge on any atom is -0.486 e. The third-order valence-corrected chi connectivity index (χ3v) is 4.75. The number of para-hydroxylation sites is 1. The lowest BCUT2D eigenvalue weighted by molar-refractivity contribution is 0.0460. The van der Waals surface area contributed by atoms with Crippen molar-refractivity contribution in [2.75, 3.05) is 26.9 Å². The van der Waals surface area contributed by atoms with Crippen LogP contribution in [-0.4, -0.2) is 53.3 Å². The van der Waals surface area contributed by atoms with E-state index in [1.807, 2.05) is 28.6 Å². The second kappa shape index (κ2) is 6.40. The van der Waals surface area contributed by atoms with Crippen LogP contribution in [0.15, 0.2) is 24.5 Å². The molecule has 1 aromatic carbocycles. The lowest BCUT2D eigenvalue weighted by Gasteiger charge is -2.35. The Morgan fingerprint density at radius 1 is 1.36 bits per heavy atom. The molecule has 0 saturated heterocycles. The standard InChI is InChI=1S/C18H21N3O4/c1-20-11-19-14-9-21(12(10-23-2)8-15(14)20)18(22)13-4-3-5-16-17(13)25-7-6-24-16/h3-5,11-12H,6-10H2,1-2H3/t12-/m1/s1. The Morgan fingerprint density at radius 3 is 3.04 bits per heavy atom. The monoisotopic (exact) mass is 343 g/mol. The number of aryl methyl sites for hydroxylation is 1. The zero-order valence-electron chi connectivity index (χ0n) is 14.4. The molecule has 0 spiro atoms. The number of aromatic nitrogens is 2. The highest BCUT2D eigenvalue weighted by Crippen LogP contribution is 2.35. The highest BCUT2D eigenvalue weighted by molar-refractivity contribution is 5.98. The van der Waals surface area contributed by atoms with E-state index in [9.17, 15) is 4.79 Å². The van der Waals surface area contributed by atoms with Crippen molar-refractivity contribution in [2.45, 2.75) is 19.0 Å². The minimum atomic E-state index is -0.0827. The molecule has 1 aromatic heterocycles. The molecule has 0 aliphatic carbocycles. The van der Waals surface area contributed by atoms with Crippen molar-refractivity contribution < 1.29 is 19.0 Å². The van der Waals surface area contributed by atoms with Crippen LogP contribution in [0.5, 0.6) is 11.5 Å². The summed E-state index contributed by atoms with van der Waals surface area (Å²) < 4.78 is 18.7. The number of carbonyl (C=O) groups excluding carboxylic acids is 1. The molecule has 0 unspecified atom stereocenters. The van der Waals surface area contributed by atoms with Crippen molar-refractivity contribution in [3.63, 3.8) is 0 Å². The molecule has 3 heterocycles. The van der Waals surface area contributed by atoms with E-state index in [4.69, 9.17) is 14.2 Å². The molecule has 0 N–H and O–H groups in total. The quantitative estimate of drug-likeness (QED) is 0.843. The van der Waals surface area contributed by atoms with Gasteiger partial charge in [0.1, 0.15) is 13.2 Å². The highest BCUT2D eigenvalue weighted by atomic mass is 16.6. The van der Waals surface area contributed by atoms with Gasteiger partial charge in [-0.2, -0.15) is 0 Å². The molecule has 0 saturated carbocycles. The van der Waals surface area contributed by atoms with Crippen LogP contribution in [0, 0.1) is 0 Å². The third kappa shape index (κ3) is 2.74. The summed E-state index contributed by atoms with van der Waals surface area (Å²) >= 11 is 0. The predicted molar refractivity (Wildman–Crippen MR) is 89.9 cm³/mol. The van der Waals surface area contributed by atoms with Gasteiger partial charge in [0.25, 0.3) is 5.91 Å². The molecule has 1 atom stereocenters. The van der Waals surface area contributed by atoms with Crippen LogP contribution >= 0.6 is 0 Å². The van der Waals surface area contributed by atoms with Gasteiger partial charge in [-0.3, -0.25) is 4.79 Å². The third-order valence-electron chi connectivity index (χ3n) is 4.75. The maximum atomic E-state index is 13.3. The number of benzene rings is 1. The van der Waals surface area contributed by atoms with Crippen LogP contribution < -0.4 is 9.47 Å². The topological polar surface area (TPSA) is 65.8 Å². The van der Waals surface area contributed by atoms with Gasteiger partial charge in [0.2, 0.25) is 0 Å². The van der Waals surface area contributed by atoms with E-state index in [1.54, 1.807) is 19.5 Å². The van der Waals surface area contributed by atoms with E-state index in [1.165, 1.54) is 0 Å². The van der Waals surface area contributed by atoms with E-state index >= 15 is 0 Å². The molecule has 2 aliphatic rings. The average Bonchev–Trinajstić information content (AvgIpc) is 3.00.